The summed E-state index contributed by atoms with van der Waals surface area (Å²) in [6.07, 6.45) is 3.62. The smallest absolute Gasteiger partial charge is 0.164 e. The lowest BCUT2D eigenvalue weighted by atomic mass is 9.93. The molecule has 42 heavy (non-hydrogen) atoms. The molecule has 6 aromatic carbocycles. The number of fused-ring (bicyclic) bond motifs is 6. The van der Waals surface area contributed by atoms with Crippen LogP contribution in [-0.4, -0.2) is 19.9 Å². The van der Waals surface area contributed by atoms with Gasteiger partial charge in [0.05, 0.1) is 0 Å². The van der Waals surface area contributed by atoms with Crippen molar-refractivity contribution in [3.8, 4) is 45.3 Å². The van der Waals surface area contributed by atoms with Crippen molar-refractivity contribution >= 4 is 32.3 Å². The molecular formula is C38H24N4. The van der Waals surface area contributed by atoms with E-state index in [-0.39, 0.29) is 0 Å². The summed E-state index contributed by atoms with van der Waals surface area (Å²) >= 11 is 0. The molecule has 0 saturated carbocycles. The summed E-state index contributed by atoms with van der Waals surface area (Å²) < 4.78 is 0. The Bertz CT molecular complexity index is 2210. The summed E-state index contributed by atoms with van der Waals surface area (Å²) in [6.45, 7) is 0. The van der Waals surface area contributed by atoms with E-state index < -0.39 is 0 Å². The number of aromatic nitrogens is 4. The molecule has 0 saturated heterocycles. The van der Waals surface area contributed by atoms with Crippen molar-refractivity contribution in [3.63, 3.8) is 0 Å². The van der Waals surface area contributed by atoms with Crippen molar-refractivity contribution in [1.82, 2.24) is 19.9 Å². The molecule has 0 unspecified atom stereocenters. The number of pyridine rings is 1. The predicted molar refractivity (Wildman–Crippen MR) is 172 cm³/mol. The largest absolute Gasteiger partial charge is 0.265 e. The third-order valence-corrected chi connectivity index (χ3v) is 7.80. The molecule has 0 fully saturated rings. The van der Waals surface area contributed by atoms with E-state index in [0.717, 1.165) is 27.8 Å². The van der Waals surface area contributed by atoms with Crippen LogP contribution < -0.4 is 0 Å². The standard InChI is InChI=1S/C38H24N4/c1-2-9-26(10-3-1)36-40-37(28-12-8-11-27(23-28)25-19-21-39-22-20-25)42-38(41-36)29-17-18-34-32-15-5-4-13-30(32)31-14-6-7-16-33(31)35(34)24-29/h1-24H. The molecule has 0 aliphatic rings. The first-order chi connectivity index (χ1) is 20.8. The molecule has 0 spiro atoms. The van der Waals surface area contributed by atoms with Gasteiger partial charge in [-0.3, -0.25) is 4.98 Å². The molecular weight excluding hydrogens is 512 g/mol. The molecule has 0 aliphatic heterocycles. The molecule has 4 heteroatoms. The highest BCUT2D eigenvalue weighted by atomic mass is 15.0. The van der Waals surface area contributed by atoms with Gasteiger partial charge in [-0.1, -0.05) is 109 Å². The Hall–Kier alpha value is -5.74. The highest BCUT2D eigenvalue weighted by Crippen LogP contribution is 2.37. The molecule has 2 aromatic heterocycles. The highest BCUT2D eigenvalue weighted by Gasteiger charge is 2.15. The first-order valence-corrected chi connectivity index (χ1v) is 14.0. The molecule has 8 rings (SSSR count). The van der Waals surface area contributed by atoms with Gasteiger partial charge >= 0.3 is 0 Å². The third-order valence-electron chi connectivity index (χ3n) is 7.80. The minimum atomic E-state index is 0.637. The number of benzene rings is 6. The Morgan fingerprint density at radius 2 is 0.762 bits per heavy atom. The van der Waals surface area contributed by atoms with Crippen molar-refractivity contribution in [2.75, 3.05) is 0 Å². The van der Waals surface area contributed by atoms with Crippen molar-refractivity contribution in [2.45, 2.75) is 0 Å². The van der Waals surface area contributed by atoms with Gasteiger partial charge in [-0.2, -0.15) is 0 Å². The van der Waals surface area contributed by atoms with E-state index >= 15 is 0 Å². The second-order valence-electron chi connectivity index (χ2n) is 10.3. The van der Waals surface area contributed by atoms with Crippen LogP contribution in [0.4, 0.5) is 0 Å². The van der Waals surface area contributed by atoms with Crippen molar-refractivity contribution in [1.29, 1.82) is 0 Å². The molecule has 0 aliphatic carbocycles. The zero-order valence-corrected chi connectivity index (χ0v) is 22.6. The van der Waals surface area contributed by atoms with Gasteiger partial charge in [0.15, 0.2) is 17.5 Å². The van der Waals surface area contributed by atoms with Crippen LogP contribution in [0.1, 0.15) is 0 Å². The molecule has 8 aromatic rings. The fourth-order valence-electron chi connectivity index (χ4n) is 5.78. The van der Waals surface area contributed by atoms with Crippen LogP contribution in [0.25, 0.3) is 77.6 Å². The van der Waals surface area contributed by atoms with Gasteiger partial charge in [0, 0.05) is 29.1 Å². The van der Waals surface area contributed by atoms with Gasteiger partial charge in [-0.25, -0.2) is 15.0 Å². The average Bonchev–Trinajstić information content (AvgIpc) is 3.09. The third kappa shape index (κ3) is 4.18. The lowest BCUT2D eigenvalue weighted by Gasteiger charge is -2.13. The summed E-state index contributed by atoms with van der Waals surface area (Å²) in [5.41, 5.74) is 5.02. The lowest BCUT2D eigenvalue weighted by molar-refractivity contribution is 1.07. The molecule has 0 bridgehead atoms. The van der Waals surface area contributed by atoms with Crippen molar-refractivity contribution < 1.29 is 0 Å². The van der Waals surface area contributed by atoms with Gasteiger partial charge < -0.3 is 0 Å². The molecule has 0 amide bonds. The van der Waals surface area contributed by atoms with Crippen LogP contribution in [0.5, 0.6) is 0 Å². The van der Waals surface area contributed by atoms with E-state index in [4.69, 9.17) is 15.0 Å². The van der Waals surface area contributed by atoms with Crippen molar-refractivity contribution in [2.24, 2.45) is 0 Å². The molecule has 2 heterocycles. The van der Waals surface area contributed by atoms with Crippen molar-refractivity contribution in [3.05, 3.63) is 146 Å². The van der Waals surface area contributed by atoms with E-state index in [9.17, 15) is 0 Å². The van der Waals surface area contributed by atoms with Gasteiger partial charge in [0.25, 0.3) is 0 Å². The van der Waals surface area contributed by atoms with Crippen LogP contribution in [0.2, 0.25) is 0 Å². The first-order valence-electron chi connectivity index (χ1n) is 14.0. The van der Waals surface area contributed by atoms with Crippen LogP contribution in [0.15, 0.2) is 146 Å². The van der Waals surface area contributed by atoms with Crippen LogP contribution in [-0.2, 0) is 0 Å². The Labute approximate surface area is 243 Å². The second-order valence-corrected chi connectivity index (χ2v) is 10.3. The Balaban J connectivity index is 1.35. The number of nitrogens with zero attached hydrogens (tertiary/aromatic N) is 4. The second kappa shape index (κ2) is 10.0. The minimum Gasteiger partial charge on any atom is -0.265 e. The molecule has 0 N–H and O–H groups in total. The summed E-state index contributed by atoms with van der Waals surface area (Å²) in [4.78, 5) is 19.2. The summed E-state index contributed by atoms with van der Waals surface area (Å²) in [7, 11) is 0. The maximum Gasteiger partial charge on any atom is 0.164 e. The van der Waals surface area contributed by atoms with E-state index in [0.29, 0.717) is 17.5 Å². The quantitative estimate of drug-likeness (QED) is 0.210. The Morgan fingerprint density at radius 1 is 0.286 bits per heavy atom. The van der Waals surface area contributed by atoms with E-state index in [1.807, 2.05) is 60.9 Å². The Morgan fingerprint density at radius 3 is 1.40 bits per heavy atom. The molecule has 196 valence electrons. The van der Waals surface area contributed by atoms with E-state index in [2.05, 4.69) is 89.9 Å². The summed E-state index contributed by atoms with van der Waals surface area (Å²) in [6, 6.07) is 46.2. The monoisotopic (exact) mass is 536 g/mol. The molecule has 4 nitrogen and oxygen atoms in total. The minimum absolute atomic E-state index is 0.637. The zero-order valence-electron chi connectivity index (χ0n) is 22.6. The molecule has 0 atom stereocenters. The number of rotatable bonds is 4. The highest BCUT2D eigenvalue weighted by molar-refractivity contribution is 6.25. The first kappa shape index (κ1) is 24.1. The maximum absolute atomic E-state index is 5.05. The summed E-state index contributed by atoms with van der Waals surface area (Å²) in [5, 5.41) is 7.37. The summed E-state index contributed by atoms with van der Waals surface area (Å²) in [5.74, 6) is 1.93. The number of hydrogen-bond acceptors (Lipinski definition) is 4. The normalized spacial score (nSPS) is 11.3. The van der Waals surface area contributed by atoms with E-state index in [1.165, 1.54) is 32.3 Å². The predicted octanol–water partition coefficient (Wildman–Crippen LogP) is 9.39. The average molecular weight is 537 g/mol. The molecule has 0 radical (unpaired) electrons. The SMILES string of the molecule is c1ccc(-c2nc(-c3cccc(-c4ccncc4)c3)nc(-c3ccc4c5ccccc5c5ccccc5c4c3)n2)cc1. The zero-order chi connectivity index (χ0) is 27.9. The van der Waals surface area contributed by atoms with Crippen LogP contribution >= 0.6 is 0 Å². The van der Waals surface area contributed by atoms with Gasteiger partial charge in [0.2, 0.25) is 0 Å². The van der Waals surface area contributed by atoms with Gasteiger partial charge in [-0.15, -0.1) is 0 Å². The fourth-order valence-corrected chi connectivity index (χ4v) is 5.78. The number of hydrogen-bond donors (Lipinski definition) is 0. The van der Waals surface area contributed by atoms with E-state index in [1.54, 1.807) is 0 Å². The van der Waals surface area contributed by atoms with Gasteiger partial charge in [0.1, 0.15) is 0 Å². The fraction of sp³-hybridized carbons (Fsp3) is 0. The van der Waals surface area contributed by atoms with Crippen LogP contribution in [0.3, 0.4) is 0 Å². The van der Waals surface area contributed by atoms with Crippen LogP contribution in [0, 0.1) is 0 Å². The Kier molecular flexibility index (Phi) is 5.75. The van der Waals surface area contributed by atoms with Gasteiger partial charge in [-0.05, 0) is 67.7 Å². The topological polar surface area (TPSA) is 51.6 Å². The lowest BCUT2D eigenvalue weighted by Crippen LogP contribution is -2.00. The maximum atomic E-state index is 5.05.